The van der Waals surface area contributed by atoms with Gasteiger partial charge in [-0.25, -0.2) is 4.98 Å². The molecule has 0 fully saturated rings. The normalized spacial score (nSPS) is 11.5. The summed E-state index contributed by atoms with van der Waals surface area (Å²) in [7, 11) is 3.46. The molecule has 0 spiro atoms. The number of methoxy groups -OCH3 is 1. The first-order chi connectivity index (χ1) is 15.2. The van der Waals surface area contributed by atoms with Gasteiger partial charge in [0.05, 0.1) is 24.8 Å². The van der Waals surface area contributed by atoms with E-state index in [4.69, 9.17) is 9.47 Å². The summed E-state index contributed by atoms with van der Waals surface area (Å²) in [6, 6.07) is 14.3. The Labute approximate surface area is 184 Å². The van der Waals surface area contributed by atoms with Gasteiger partial charge in [0, 0.05) is 26.7 Å². The molecule has 0 aliphatic carbocycles. The fourth-order valence-corrected chi connectivity index (χ4v) is 3.63. The lowest BCUT2D eigenvalue weighted by atomic mass is 10.1. The van der Waals surface area contributed by atoms with Crippen molar-refractivity contribution in [2.45, 2.75) is 33.2 Å². The Hall–Kier alpha value is -3.22. The van der Waals surface area contributed by atoms with Crippen molar-refractivity contribution < 1.29 is 9.47 Å². The average molecular weight is 424 g/mol. The van der Waals surface area contributed by atoms with Gasteiger partial charge in [-0.2, -0.15) is 0 Å². The zero-order chi connectivity index (χ0) is 22.1. The van der Waals surface area contributed by atoms with E-state index in [0.29, 0.717) is 6.61 Å². The summed E-state index contributed by atoms with van der Waals surface area (Å²) >= 11 is 0. The molecule has 2 aromatic carbocycles. The number of hydrogen-bond acceptors (Lipinski definition) is 4. The monoisotopic (exact) mass is 423 g/mol. The first-order valence-corrected chi connectivity index (χ1v) is 10.8. The van der Waals surface area contributed by atoms with Gasteiger partial charge in [0.25, 0.3) is 0 Å². The van der Waals surface area contributed by atoms with Crippen molar-refractivity contribution >= 4 is 17.0 Å². The Morgan fingerprint density at radius 1 is 1.10 bits per heavy atom. The van der Waals surface area contributed by atoms with E-state index in [-0.39, 0.29) is 0 Å². The third-order valence-corrected chi connectivity index (χ3v) is 5.16. The maximum absolute atomic E-state index is 5.66. The van der Waals surface area contributed by atoms with Crippen molar-refractivity contribution in [2.24, 2.45) is 4.99 Å². The number of imidazole rings is 1. The van der Waals surface area contributed by atoms with Gasteiger partial charge in [-0.05, 0) is 56.5 Å². The number of ether oxygens (including phenoxy) is 2. The van der Waals surface area contributed by atoms with Crippen LogP contribution in [0.3, 0.4) is 0 Å². The number of para-hydroxylation sites is 2. The largest absolute Gasteiger partial charge is 0.493 e. The number of nitrogens with one attached hydrogen (secondary N) is 2. The van der Waals surface area contributed by atoms with Crippen molar-refractivity contribution in [3.8, 4) is 11.5 Å². The van der Waals surface area contributed by atoms with Crippen molar-refractivity contribution in [3.63, 3.8) is 0 Å². The molecule has 3 rings (SSSR count). The van der Waals surface area contributed by atoms with Gasteiger partial charge in [0.1, 0.15) is 5.82 Å². The Balaban J connectivity index is 1.44. The minimum atomic E-state index is 0.623. The number of fused-ring (bicyclic) bond motifs is 1. The molecule has 0 saturated carbocycles. The molecule has 166 valence electrons. The van der Waals surface area contributed by atoms with Gasteiger partial charge in [-0.3, -0.25) is 4.99 Å². The Bertz CT molecular complexity index is 1010. The molecular weight excluding hydrogens is 390 g/mol. The van der Waals surface area contributed by atoms with Crippen molar-refractivity contribution in [3.05, 3.63) is 53.9 Å². The van der Waals surface area contributed by atoms with Crippen molar-refractivity contribution in [1.29, 1.82) is 0 Å². The summed E-state index contributed by atoms with van der Waals surface area (Å²) in [6.07, 6.45) is 1.94. The molecule has 0 saturated heterocycles. The van der Waals surface area contributed by atoms with Gasteiger partial charge >= 0.3 is 0 Å². The van der Waals surface area contributed by atoms with Gasteiger partial charge in [0.2, 0.25) is 0 Å². The van der Waals surface area contributed by atoms with Crippen LogP contribution in [-0.4, -0.2) is 49.4 Å². The highest BCUT2D eigenvalue weighted by molar-refractivity contribution is 5.79. The second kappa shape index (κ2) is 11.2. The van der Waals surface area contributed by atoms with Gasteiger partial charge in [0.15, 0.2) is 17.5 Å². The summed E-state index contributed by atoms with van der Waals surface area (Å²) in [5.74, 6) is 3.41. The molecule has 0 atom stereocenters. The molecule has 0 aliphatic heterocycles. The summed E-state index contributed by atoms with van der Waals surface area (Å²) in [5, 5.41) is 6.78. The zero-order valence-electron chi connectivity index (χ0n) is 18.9. The lowest BCUT2D eigenvalue weighted by Gasteiger charge is -2.14. The summed E-state index contributed by atoms with van der Waals surface area (Å²) in [4.78, 5) is 8.95. The van der Waals surface area contributed by atoms with Crippen LogP contribution in [0.25, 0.3) is 11.0 Å². The number of aromatic nitrogens is 2. The predicted octanol–water partition coefficient (Wildman–Crippen LogP) is 3.55. The molecule has 3 aromatic rings. The molecule has 7 heteroatoms. The molecule has 2 N–H and O–H groups in total. The number of nitrogens with zero attached hydrogens (tertiary/aromatic N) is 3. The van der Waals surface area contributed by atoms with Crippen LogP contribution in [0.5, 0.6) is 11.5 Å². The fraction of sp³-hybridized carbons (Fsp3) is 0.417. The number of guanidine groups is 1. The Morgan fingerprint density at radius 3 is 2.68 bits per heavy atom. The first-order valence-electron chi connectivity index (χ1n) is 10.8. The average Bonchev–Trinajstić information content (AvgIpc) is 3.11. The molecule has 0 unspecified atom stereocenters. The SMILES string of the molecule is CCOc1cc(CCCNC(=NC)NCCn2c(C)nc3ccccc32)ccc1OC. The molecule has 0 bridgehead atoms. The van der Waals surface area contributed by atoms with Gasteiger partial charge < -0.3 is 24.7 Å². The minimum absolute atomic E-state index is 0.623. The van der Waals surface area contributed by atoms with Crippen LogP contribution in [0.15, 0.2) is 47.5 Å². The van der Waals surface area contributed by atoms with E-state index in [1.165, 1.54) is 5.56 Å². The van der Waals surface area contributed by atoms with Crippen molar-refractivity contribution in [1.82, 2.24) is 20.2 Å². The van der Waals surface area contributed by atoms with E-state index in [2.05, 4.69) is 43.4 Å². The smallest absolute Gasteiger partial charge is 0.191 e. The zero-order valence-corrected chi connectivity index (χ0v) is 18.9. The number of aryl methyl sites for hydroxylation is 2. The van der Waals surface area contributed by atoms with Crippen LogP contribution >= 0.6 is 0 Å². The van der Waals surface area contributed by atoms with Gasteiger partial charge in [-0.15, -0.1) is 0 Å². The van der Waals surface area contributed by atoms with E-state index >= 15 is 0 Å². The second-order valence-corrected chi connectivity index (χ2v) is 7.25. The highest BCUT2D eigenvalue weighted by Gasteiger charge is 2.07. The second-order valence-electron chi connectivity index (χ2n) is 7.25. The maximum atomic E-state index is 5.66. The minimum Gasteiger partial charge on any atom is -0.493 e. The number of aliphatic imine (C=N–C) groups is 1. The standard InChI is InChI=1S/C24H33N5O2/c1-5-31-23-17-19(12-13-22(23)30-4)9-8-14-26-24(25-3)27-15-16-29-18(2)28-20-10-6-7-11-21(20)29/h6-7,10-13,17H,5,8-9,14-16H2,1-4H3,(H2,25,26,27). The highest BCUT2D eigenvalue weighted by atomic mass is 16.5. The van der Waals surface area contributed by atoms with E-state index in [0.717, 1.165) is 66.8 Å². The van der Waals surface area contributed by atoms with Crippen LogP contribution in [0.4, 0.5) is 0 Å². The number of rotatable bonds is 10. The maximum Gasteiger partial charge on any atom is 0.191 e. The molecule has 1 aromatic heterocycles. The van der Waals surface area contributed by atoms with E-state index in [1.54, 1.807) is 14.2 Å². The Kier molecular flexibility index (Phi) is 8.15. The van der Waals surface area contributed by atoms with Crippen molar-refractivity contribution in [2.75, 3.05) is 33.9 Å². The van der Waals surface area contributed by atoms with E-state index in [1.807, 2.05) is 38.1 Å². The molecule has 7 nitrogen and oxygen atoms in total. The topological polar surface area (TPSA) is 72.7 Å². The highest BCUT2D eigenvalue weighted by Crippen LogP contribution is 2.28. The molecule has 31 heavy (non-hydrogen) atoms. The summed E-state index contributed by atoms with van der Waals surface area (Å²) < 4.78 is 13.2. The third kappa shape index (κ3) is 5.90. The predicted molar refractivity (Wildman–Crippen MR) is 126 cm³/mol. The number of benzene rings is 2. The van der Waals surface area contributed by atoms with Gasteiger partial charge in [-0.1, -0.05) is 18.2 Å². The van der Waals surface area contributed by atoms with Crippen LogP contribution in [-0.2, 0) is 13.0 Å². The van der Waals surface area contributed by atoms with Crippen LogP contribution in [0, 0.1) is 6.92 Å². The molecule has 0 amide bonds. The third-order valence-electron chi connectivity index (χ3n) is 5.16. The molecular formula is C24H33N5O2. The number of hydrogen-bond donors (Lipinski definition) is 2. The van der Waals surface area contributed by atoms with E-state index < -0.39 is 0 Å². The Morgan fingerprint density at radius 2 is 1.90 bits per heavy atom. The lowest BCUT2D eigenvalue weighted by molar-refractivity contribution is 0.310. The van der Waals surface area contributed by atoms with Crippen LogP contribution < -0.4 is 20.1 Å². The van der Waals surface area contributed by atoms with Crippen LogP contribution in [0.1, 0.15) is 24.7 Å². The fourth-order valence-electron chi connectivity index (χ4n) is 3.63. The molecule has 0 aliphatic rings. The lowest BCUT2D eigenvalue weighted by Crippen LogP contribution is -2.39. The molecule has 1 heterocycles. The van der Waals surface area contributed by atoms with Crippen LogP contribution in [0.2, 0.25) is 0 Å². The quantitative estimate of drug-likeness (QED) is 0.296. The molecule has 0 radical (unpaired) electrons. The van der Waals surface area contributed by atoms with E-state index in [9.17, 15) is 0 Å². The summed E-state index contributed by atoms with van der Waals surface area (Å²) in [5.41, 5.74) is 3.43. The summed E-state index contributed by atoms with van der Waals surface area (Å²) in [6.45, 7) is 7.09. The first kappa shape index (κ1) is 22.5.